The molecule has 0 N–H and O–H groups in total. The maximum absolute atomic E-state index is 5.09. The molecule has 0 amide bonds. The zero-order valence-corrected chi connectivity index (χ0v) is 13.6. The molecule has 0 saturated carbocycles. The van der Waals surface area contributed by atoms with Gasteiger partial charge in [0.05, 0.1) is 11.4 Å². The minimum absolute atomic E-state index is 0.971. The van der Waals surface area contributed by atoms with Crippen LogP contribution in [0.1, 0.15) is 39.8 Å². The number of rotatable bonds is 1. The number of aryl methyl sites for hydroxylation is 2. The van der Waals surface area contributed by atoms with Crippen LogP contribution in [0.4, 0.5) is 5.69 Å². The highest BCUT2D eigenvalue weighted by Gasteiger charge is 2.21. The molecular weight excluding hydrogens is 290 g/mol. The van der Waals surface area contributed by atoms with Crippen molar-refractivity contribution in [2.45, 2.75) is 25.7 Å². The fraction of sp³-hybridized carbons (Fsp3) is 0.174. The molecule has 3 aromatic carbocycles. The SMILES string of the molecule is c1ccc(C2=Nc3ccccc3Cc3cc4c(cc32)CCC4)cc1. The Labute approximate surface area is 142 Å². The predicted octanol–water partition coefficient (Wildman–Crippen LogP) is 5.25. The molecule has 116 valence electrons. The molecule has 0 fully saturated rings. The van der Waals surface area contributed by atoms with E-state index in [9.17, 15) is 0 Å². The average molecular weight is 309 g/mol. The lowest BCUT2D eigenvalue weighted by Gasteiger charge is -2.13. The van der Waals surface area contributed by atoms with Crippen LogP contribution in [-0.2, 0) is 19.3 Å². The summed E-state index contributed by atoms with van der Waals surface area (Å²) in [7, 11) is 0. The summed E-state index contributed by atoms with van der Waals surface area (Å²) in [4.78, 5) is 5.09. The van der Waals surface area contributed by atoms with Gasteiger partial charge >= 0.3 is 0 Å². The normalized spacial score (nSPS) is 15.1. The first-order chi connectivity index (χ1) is 11.9. The molecule has 0 unspecified atom stereocenters. The molecule has 3 aromatic rings. The van der Waals surface area contributed by atoms with Gasteiger partial charge in [-0.25, -0.2) is 4.99 Å². The van der Waals surface area contributed by atoms with E-state index in [2.05, 4.69) is 66.7 Å². The molecule has 1 heteroatoms. The van der Waals surface area contributed by atoms with Crippen molar-refractivity contribution in [1.29, 1.82) is 0 Å². The number of hydrogen-bond donors (Lipinski definition) is 0. The lowest BCUT2D eigenvalue weighted by atomic mass is 9.91. The third-order valence-corrected chi connectivity index (χ3v) is 5.22. The Morgan fingerprint density at radius 3 is 2.29 bits per heavy atom. The van der Waals surface area contributed by atoms with Crippen molar-refractivity contribution >= 4 is 11.4 Å². The Hall–Kier alpha value is -2.67. The van der Waals surface area contributed by atoms with Crippen molar-refractivity contribution in [2.24, 2.45) is 4.99 Å². The molecular formula is C23H19N. The quantitative estimate of drug-likeness (QED) is 0.455. The smallest absolute Gasteiger partial charge is 0.0784 e. The van der Waals surface area contributed by atoms with Crippen LogP contribution in [0.15, 0.2) is 71.7 Å². The van der Waals surface area contributed by atoms with Crippen LogP contribution in [0, 0.1) is 0 Å². The Kier molecular flexibility index (Phi) is 3.12. The molecule has 1 heterocycles. The second kappa shape index (κ2) is 5.45. The summed E-state index contributed by atoms with van der Waals surface area (Å²) >= 11 is 0. The average Bonchev–Trinajstić information content (AvgIpc) is 3.01. The van der Waals surface area contributed by atoms with E-state index < -0.39 is 0 Å². The maximum Gasteiger partial charge on any atom is 0.0784 e. The highest BCUT2D eigenvalue weighted by atomic mass is 14.8. The summed E-state index contributed by atoms with van der Waals surface area (Å²) in [5, 5.41) is 0. The Bertz CT molecular complexity index is 951. The van der Waals surface area contributed by atoms with E-state index in [0.29, 0.717) is 0 Å². The Balaban J connectivity index is 1.79. The molecule has 24 heavy (non-hydrogen) atoms. The number of fused-ring (bicyclic) bond motifs is 3. The van der Waals surface area contributed by atoms with E-state index in [1.807, 2.05) is 0 Å². The summed E-state index contributed by atoms with van der Waals surface area (Å²) < 4.78 is 0. The van der Waals surface area contributed by atoms with Gasteiger partial charge in [0.15, 0.2) is 0 Å². The fourth-order valence-corrected chi connectivity index (χ4v) is 4.01. The predicted molar refractivity (Wildman–Crippen MR) is 99.5 cm³/mol. The lowest BCUT2D eigenvalue weighted by molar-refractivity contribution is 0.911. The van der Waals surface area contributed by atoms with Crippen LogP contribution in [0.2, 0.25) is 0 Å². The van der Waals surface area contributed by atoms with E-state index in [-0.39, 0.29) is 0 Å². The van der Waals surface area contributed by atoms with E-state index >= 15 is 0 Å². The van der Waals surface area contributed by atoms with E-state index in [1.165, 1.54) is 47.1 Å². The van der Waals surface area contributed by atoms with Gasteiger partial charge in [-0.15, -0.1) is 0 Å². The summed E-state index contributed by atoms with van der Waals surface area (Å²) in [6, 6.07) is 24.0. The largest absolute Gasteiger partial charge is 0.247 e. The molecule has 2 aliphatic rings. The summed E-state index contributed by atoms with van der Waals surface area (Å²) in [5.41, 5.74) is 10.5. The molecule has 1 aliphatic heterocycles. The number of aliphatic imine (C=N–C) groups is 1. The molecule has 0 atom stereocenters. The molecule has 5 rings (SSSR count). The van der Waals surface area contributed by atoms with E-state index in [0.717, 1.165) is 17.8 Å². The standard InChI is InChI=1S/C23H19N/c1-2-7-16(8-3-1)23-21-15-18-11-6-10-17(18)13-20(21)14-19-9-4-5-12-22(19)24-23/h1-5,7-9,12-13,15H,6,10-11,14H2. The summed E-state index contributed by atoms with van der Waals surface area (Å²) in [5.74, 6) is 0. The van der Waals surface area contributed by atoms with Crippen molar-refractivity contribution in [3.05, 3.63) is 100 Å². The van der Waals surface area contributed by atoms with Crippen LogP contribution in [0.25, 0.3) is 0 Å². The van der Waals surface area contributed by atoms with Crippen LogP contribution in [0.3, 0.4) is 0 Å². The van der Waals surface area contributed by atoms with Crippen molar-refractivity contribution < 1.29 is 0 Å². The number of nitrogens with zero attached hydrogens (tertiary/aromatic N) is 1. The van der Waals surface area contributed by atoms with Gasteiger partial charge in [-0.1, -0.05) is 54.6 Å². The third kappa shape index (κ3) is 2.20. The van der Waals surface area contributed by atoms with Crippen molar-refractivity contribution in [2.75, 3.05) is 0 Å². The lowest BCUT2D eigenvalue weighted by Crippen LogP contribution is -2.07. The Morgan fingerprint density at radius 1 is 0.667 bits per heavy atom. The van der Waals surface area contributed by atoms with Crippen LogP contribution in [0.5, 0.6) is 0 Å². The molecule has 1 aliphatic carbocycles. The zero-order chi connectivity index (χ0) is 15.9. The number of para-hydroxylation sites is 1. The second-order valence-corrected chi connectivity index (χ2v) is 6.76. The number of benzene rings is 3. The first kappa shape index (κ1) is 13.7. The first-order valence-electron chi connectivity index (χ1n) is 8.75. The maximum atomic E-state index is 5.09. The summed E-state index contributed by atoms with van der Waals surface area (Å²) in [6.45, 7) is 0. The van der Waals surface area contributed by atoms with Crippen LogP contribution >= 0.6 is 0 Å². The van der Waals surface area contributed by atoms with Gasteiger partial charge in [0.2, 0.25) is 0 Å². The number of hydrogen-bond acceptors (Lipinski definition) is 1. The second-order valence-electron chi connectivity index (χ2n) is 6.76. The van der Waals surface area contributed by atoms with Gasteiger partial charge in [-0.2, -0.15) is 0 Å². The first-order valence-corrected chi connectivity index (χ1v) is 8.75. The van der Waals surface area contributed by atoms with Gasteiger partial charge in [0.25, 0.3) is 0 Å². The molecule has 0 saturated heterocycles. The minimum atomic E-state index is 0.971. The molecule has 0 aromatic heterocycles. The van der Waals surface area contributed by atoms with Crippen LogP contribution < -0.4 is 0 Å². The topological polar surface area (TPSA) is 12.4 Å². The van der Waals surface area contributed by atoms with Gasteiger partial charge in [-0.05, 0) is 53.6 Å². The zero-order valence-electron chi connectivity index (χ0n) is 13.6. The fourth-order valence-electron chi connectivity index (χ4n) is 4.01. The van der Waals surface area contributed by atoms with Crippen molar-refractivity contribution in [3.8, 4) is 0 Å². The van der Waals surface area contributed by atoms with Gasteiger partial charge < -0.3 is 0 Å². The van der Waals surface area contributed by atoms with Gasteiger partial charge in [-0.3, -0.25) is 0 Å². The molecule has 1 nitrogen and oxygen atoms in total. The van der Waals surface area contributed by atoms with Gasteiger partial charge in [0.1, 0.15) is 0 Å². The molecule has 0 radical (unpaired) electrons. The Morgan fingerprint density at radius 2 is 1.42 bits per heavy atom. The highest BCUT2D eigenvalue weighted by Crippen LogP contribution is 2.34. The van der Waals surface area contributed by atoms with E-state index in [4.69, 9.17) is 4.99 Å². The van der Waals surface area contributed by atoms with Gasteiger partial charge in [0, 0.05) is 17.5 Å². The van der Waals surface area contributed by atoms with Crippen LogP contribution in [-0.4, -0.2) is 5.71 Å². The highest BCUT2D eigenvalue weighted by molar-refractivity contribution is 6.15. The molecule has 0 bridgehead atoms. The van der Waals surface area contributed by atoms with E-state index in [1.54, 1.807) is 5.56 Å². The van der Waals surface area contributed by atoms with Crippen molar-refractivity contribution in [1.82, 2.24) is 0 Å². The van der Waals surface area contributed by atoms with Crippen molar-refractivity contribution in [3.63, 3.8) is 0 Å². The third-order valence-electron chi connectivity index (χ3n) is 5.22. The summed E-state index contributed by atoms with van der Waals surface area (Å²) in [6.07, 6.45) is 4.69. The minimum Gasteiger partial charge on any atom is -0.247 e. The molecule has 0 spiro atoms. The monoisotopic (exact) mass is 309 g/mol.